The van der Waals surface area contributed by atoms with Gasteiger partial charge in [0.05, 0.1) is 4.99 Å². The monoisotopic (exact) mass is 264 g/mol. The third-order valence-corrected chi connectivity index (χ3v) is 2.95. The van der Waals surface area contributed by atoms with E-state index in [1.807, 2.05) is 0 Å². The predicted octanol–water partition coefficient (Wildman–Crippen LogP) is 2.14. The first-order valence-corrected chi connectivity index (χ1v) is 6.01. The van der Waals surface area contributed by atoms with Gasteiger partial charge in [0.1, 0.15) is 0 Å². The van der Waals surface area contributed by atoms with Crippen molar-refractivity contribution in [3.8, 4) is 0 Å². The molecule has 4 nitrogen and oxygen atoms in total. The summed E-state index contributed by atoms with van der Waals surface area (Å²) in [5.74, 6) is -0.280. The Morgan fingerprint density at radius 2 is 1.89 bits per heavy atom. The highest BCUT2D eigenvalue weighted by Gasteiger charge is 2.11. The maximum atomic E-state index is 11.7. The summed E-state index contributed by atoms with van der Waals surface area (Å²) in [5, 5.41) is 2.73. The molecule has 0 aliphatic heterocycles. The molecule has 0 aliphatic rings. The topological polar surface area (TPSA) is 72.2 Å². The van der Waals surface area contributed by atoms with Crippen LogP contribution in [-0.4, -0.2) is 16.7 Å². The summed E-state index contributed by atoms with van der Waals surface area (Å²) in [6.07, 6.45) is 0.254. The summed E-state index contributed by atoms with van der Waals surface area (Å²) in [4.78, 5) is 23.1. The van der Waals surface area contributed by atoms with Crippen LogP contribution >= 0.6 is 12.2 Å². The van der Waals surface area contributed by atoms with Crippen molar-refractivity contribution in [2.75, 3.05) is 5.32 Å². The molecule has 0 aromatic heterocycles. The molecule has 18 heavy (non-hydrogen) atoms. The number of carbonyl (C=O) groups excluding carboxylic acids is 2. The van der Waals surface area contributed by atoms with E-state index in [9.17, 15) is 9.59 Å². The molecule has 0 bridgehead atoms. The average Bonchev–Trinajstić information content (AvgIpc) is 2.29. The molecule has 0 aliphatic carbocycles. The van der Waals surface area contributed by atoms with Crippen LogP contribution in [0.15, 0.2) is 24.3 Å². The average molecular weight is 264 g/mol. The number of nitrogens with two attached hydrogens (primary N) is 1. The molecule has 3 N–H and O–H groups in total. The van der Waals surface area contributed by atoms with Crippen LogP contribution in [-0.2, 0) is 4.79 Å². The Morgan fingerprint density at radius 1 is 1.33 bits per heavy atom. The Labute approximate surface area is 112 Å². The molecule has 5 heteroatoms. The fraction of sp³-hybridized carbons (Fsp3) is 0.308. The van der Waals surface area contributed by atoms with Crippen molar-refractivity contribution < 1.29 is 9.59 Å². The van der Waals surface area contributed by atoms with Crippen molar-refractivity contribution in [1.82, 2.24) is 0 Å². The van der Waals surface area contributed by atoms with E-state index in [1.54, 1.807) is 31.2 Å². The van der Waals surface area contributed by atoms with Crippen LogP contribution in [0.25, 0.3) is 0 Å². The largest absolute Gasteiger partial charge is 0.393 e. The Kier molecular flexibility index (Phi) is 4.97. The minimum Gasteiger partial charge on any atom is -0.393 e. The first-order valence-electron chi connectivity index (χ1n) is 5.60. The lowest BCUT2D eigenvalue weighted by Gasteiger charge is -2.10. The molecule has 0 saturated carbocycles. The van der Waals surface area contributed by atoms with Gasteiger partial charge in [-0.15, -0.1) is 0 Å². The summed E-state index contributed by atoms with van der Waals surface area (Å²) in [6.45, 7) is 3.30. The molecule has 0 heterocycles. The number of benzene rings is 1. The number of carbonyl (C=O) groups is 2. The van der Waals surface area contributed by atoms with Crippen molar-refractivity contribution in [2.45, 2.75) is 20.3 Å². The van der Waals surface area contributed by atoms with Gasteiger partial charge in [0.2, 0.25) is 5.91 Å². The maximum Gasteiger partial charge on any atom is 0.225 e. The Bertz CT molecular complexity index is 468. The molecular formula is C13H16N2O2S. The second kappa shape index (κ2) is 6.26. The SMILES string of the molecule is CC(=O)c1ccc(NC(=O)CC(C)C(N)=S)cc1. The second-order valence-electron chi connectivity index (χ2n) is 4.19. The van der Waals surface area contributed by atoms with Gasteiger partial charge in [-0.2, -0.15) is 0 Å². The number of anilines is 1. The number of hydrogen-bond donors (Lipinski definition) is 2. The van der Waals surface area contributed by atoms with Crippen molar-refractivity contribution >= 4 is 34.6 Å². The van der Waals surface area contributed by atoms with E-state index in [0.29, 0.717) is 16.2 Å². The van der Waals surface area contributed by atoms with Gasteiger partial charge in [-0.3, -0.25) is 9.59 Å². The van der Waals surface area contributed by atoms with Gasteiger partial charge in [0, 0.05) is 23.6 Å². The van der Waals surface area contributed by atoms with Crippen LogP contribution in [0.2, 0.25) is 0 Å². The van der Waals surface area contributed by atoms with Crippen LogP contribution < -0.4 is 11.1 Å². The molecule has 0 spiro atoms. The summed E-state index contributed by atoms with van der Waals surface area (Å²) in [6, 6.07) is 6.74. The Morgan fingerprint density at radius 3 is 2.33 bits per heavy atom. The molecular weight excluding hydrogens is 248 g/mol. The number of amides is 1. The van der Waals surface area contributed by atoms with E-state index in [-0.39, 0.29) is 24.0 Å². The Balaban J connectivity index is 2.60. The fourth-order valence-electron chi connectivity index (χ4n) is 1.38. The Hall–Kier alpha value is -1.75. The third kappa shape index (κ3) is 4.25. The second-order valence-corrected chi connectivity index (χ2v) is 4.66. The van der Waals surface area contributed by atoms with Crippen LogP contribution in [0.3, 0.4) is 0 Å². The van der Waals surface area contributed by atoms with Gasteiger partial charge in [0.25, 0.3) is 0 Å². The summed E-state index contributed by atoms with van der Waals surface area (Å²) in [5.41, 5.74) is 6.71. The predicted molar refractivity (Wildman–Crippen MR) is 75.6 cm³/mol. The molecule has 1 rings (SSSR count). The molecule has 0 saturated heterocycles. The standard InChI is InChI=1S/C13H16N2O2S/c1-8(13(14)18)7-12(17)15-11-5-3-10(4-6-11)9(2)16/h3-6,8H,7H2,1-2H3,(H2,14,18)(H,15,17). The van der Waals surface area contributed by atoms with Gasteiger partial charge < -0.3 is 11.1 Å². The fourth-order valence-corrected chi connectivity index (χ4v) is 1.46. The number of Topliss-reactive ketones (excluding diaryl/α,β-unsaturated/α-hetero) is 1. The summed E-state index contributed by atoms with van der Waals surface area (Å²) in [7, 11) is 0. The summed E-state index contributed by atoms with van der Waals surface area (Å²) >= 11 is 4.81. The number of thiocarbonyl (C=S) groups is 1. The van der Waals surface area contributed by atoms with Crippen molar-refractivity contribution in [3.63, 3.8) is 0 Å². The minimum atomic E-state index is -0.147. The normalized spacial score (nSPS) is 11.7. The lowest BCUT2D eigenvalue weighted by molar-refractivity contribution is -0.116. The molecule has 0 radical (unpaired) electrons. The van der Waals surface area contributed by atoms with Crippen molar-refractivity contribution in [2.24, 2.45) is 11.7 Å². The van der Waals surface area contributed by atoms with Crippen molar-refractivity contribution in [1.29, 1.82) is 0 Å². The zero-order valence-electron chi connectivity index (χ0n) is 10.4. The van der Waals surface area contributed by atoms with Crippen LogP contribution in [0.4, 0.5) is 5.69 Å². The molecule has 1 unspecified atom stereocenters. The molecule has 1 aromatic rings. The van der Waals surface area contributed by atoms with Gasteiger partial charge in [-0.05, 0) is 31.2 Å². The van der Waals surface area contributed by atoms with E-state index in [2.05, 4.69) is 5.32 Å². The smallest absolute Gasteiger partial charge is 0.225 e. The summed E-state index contributed by atoms with van der Waals surface area (Å²) < 4.78 is 0. The first kappa shape index (κ1) is 14.3. The van der Waals surface area contributed by atoms with E-state index >= 15 is 0 Å². The number of rotatable bonds is 5. The molecule has 1 aromatic carbocycles. The van der Waals surface area contributed by atoms with Crippen LogP contribution in [0, 0.1) is 5.92 Å². The van der Waals surface area contributed by atoms with Crippen LogP contribution in [0.5, 0.6) is 0 Å². The van der Waals surface area contributed by atoms with Gasteiger partial charge in [0.15, 0.2) is 5.78 Å². The third-order valence-electron chi connectivity index (χ3n) is 2.55. The van der Waals surface area contributed by atoms with E-state index in [0.717, 1.165) is 0 Å². The van der Waals surface area contributed by atoms with E-state index in [4.69, 9.17) is 18.0 Å². The van der Waals surface area contributed by atoms with E-state index < -0.39 is 0 Å². The highest BCUT2D eigenvalue weighted by atomic mass is 32.1. The lowest BCUT2D eigenvalue weighted by Crippen LogP contribution is -2.24. The zero-order valence-corrected chi connectivity index (χ0v) is 11.2. The minimum absolute atomic E-state index is 0.00465. The highest BCUT2D eigenvalue weighted by molar-refractivity contribution is 7.80. The van der Waals surface area contributed by atoms with Gasteiger partial charge >= 0.3 is 0 Å². The molecule has 1 amide bonds. The van der Waals surface area contributed by atoms with Crippen molar-refractivity contribution in [3.05, 3.63) is 29.8 Å². The lowest BCUT2D eigenvalue weighted by atomic mass is 10.1. The first-order chi connectivity index (χ1) is 8.40. The maximum absolute atomic E-state index is 11.7. The number of hydrogen-bond acceptors (Lipinski definition) is 3. The molecule has 0 fully saturated rings. The number of ketones is 1. The quantitative estimate of drug-likeness (QED) is 0.631. The van der Waals surface area contributed by atoms with Crippen LogP contribution in [0.1, 0.15) is 30.6 Å². The molecule has 1 atom stereocenters. The highest BCUT2D eigenvalue weighted by Crippen LogP contribution is 2.11. The zero-order chi connectivity index (χ0) is 13.7. The van der Waals surface area contributed by atoms with Gasteiger partial charge in [-0.1, -0.05) is 19.1 Å². The van der Waals surface area contributed by atoms with Gasteiger partial charge in [-0.25, -0.2) is 0 Å². The number of nitrogens with one attached hydrogen (secondary N) is 1. The van der Waals surface area contributed by atoms with E-state index in [1.165, 1.54) is 6.92 Å². The molecule has 96 valence electrons.